The van der Waals surface area contributed by atoms with Crippen LogP contribution < -0.4 is 4.74 Å². The van der Waals surface area contributed by atoms with Crippen LogP contribution >= 0.6 is 0 Å². The van der Waals surface area contributed by atoms with Crippen molar-refractivity contribution in [2.75, 3.05) is 20.5 Å². The van der Waals surface area contributed by atoms with Crippen LogP contribution in [0.4, 0.5) is 4.39 Å². The minimum absolute atomic E-state index is 0.0689. The van der Waals surface area contributed by atoms with E-state index in [-0.39, 0.29) is 13.4 Å². The Balaban J connectivity index is 2.92. The van der Waals surface area contributed by atoms with Gasteiger partial charge in [0.05, 0.1) is 5.56 Å². The third kappa shape index (κ3) is 3.58. The van der Waals surface area contributed by atoms with Crippen LogP contribution in [-0.4, -0.2) is 25.6 Å². The molecule has 0 aromatic heterocycles. The van der Waals surface area contributed by atoms with Gasteiger partial charge in [0.15, 0.2) is 6.79 Å². The van der Waals surface area contributed by atoms with Gasteiger partial charge in [-0.15, -0.1) is 0 Å². The van der Waals surface area contributed by atoms with Crippen LogP contribution in [0.2, 0.25) is 0 Å². The first-order valence-electron chi connectivity index (χ1n) is 4.29. The SMILES string of the molecule is COCOc1ccc(F)cc1C#CCO. The Morgan fingerprint density at radius 2 is 2.27 bits per heavy atom. The second-order valence-corrected chi connectivity index (χ2v) is 2.65. The Morgan fingerprint density at radius 3 is 2.93 bits per heavy atom. The van der Waals surface area contributed by atoms with E-state index < -0.39 is 5.82 Å². The molecule has 0 atom stereocenters. The fourth-order valence-corrected chi connectivity index (χ4v) is 0.983. The molecule has 3 nitrogen and oxygen atoms in total. The molecule has 0 saturated heterocycles. The third-order valence-electron chi connectivity index (χ3n) is 1.58. The maximum absolute atomic E-state index is 12.9. The first-order valence-corrected chi connectivity index (χ1v) is 4.29. The largest absolute Gasteiger partial charge is 0.466 e. The number of benzene rings is 1. The molecule has 0 amide bonds. The molecule has 1 aromatic carbocycles. The number of hydrogen-bond donors (Lipinski definition) is 1. The molecule has 0 fully saturated rings. The van der Waals surface area contributed by atoms with Crippen LogP contribution in [0.1, 0.15) is 5.56 Å². The van der Waals surface area contributed by atoms with Crippen molar-refractivity contribution in [3.05, 3.63) is 29.6 Å². The van der Waals surface area contributed by atoms with Gasteiger partial charge in [-0.25, -0.2) is 4.39 Å². The Morgan fingerprint density at radius 1 is 1.47 bits per heavy atom. The smallest absolute Gasteiger partial charge is 0.188 e. The van der Waals surface area contributed by atoms with E-state index >= 15 is 0 Å². The lowest BCUT2D eigenvalue weighted by Gasteiger charge is -2.06. The molecule has 0 aliphatic rings. The summed E-state index contributed by atoms with van der Waals surface area (Å²) >= 11 is 0. The Labute approximate surface area is 87.4 Å². The number of halogens is 1. The zero-order valence-electron chi connectivity index (χ0n) is 8.29. The van der Waals surface area contributed by atoms with E-state index in [1.54, 1.807) is 0 Å². The van der Waals surface area contributed by atoms with E-state index in [4.69, 9.17) is 14.6 Å². The first-order chi connectivity index (χ1) is 7.27. The van der Waals surface area contributed by atoms with Crippen LogP contribution in [0.15, 0.2) is 18.2 Å². The van der Waals surface area contributed by atoms with Crippen molar-refractivity contribution in [2.45, 2.75) is 0 Å². The molecule has 0 bridgehead atoms. The predicted octanol–water partition coefficient (Wildman–Crippen LogP) is 1.15. The summed E-state index contributed by atoms with van der Waals surface area (Å²) in [5.74, 6) is 5.05. The maximum Gasteiger partial charge on any atom is 0.188 e. The highest BCUT2D eigenvalue weighted by molar-refractivity contribution is 5.46. The summed E-state index contributed by atoms with van der Waals surface area (Å²) in [4.78, 5) is 0. The quantitative estimate of drug-likeness (QED) is 0.601. The molecule has 1 N–H and O–H groups in total. The van der Waals surface area contributed by atoms with Crippen molar-refractivity contribution in [2.24, 2.45) is 0 Å². The van der Waals surface area contributed by atoms with Gasteiger partial charge in [0.1, 0.15) is 18.2 Å². The van der Waals surface area contributed by atoms with Crippen LogP contribution in [0.25, 0.3) is 0 Å². The average molecular weight is 210 g/mol. The van der Waals surface area contributed by atoms with Gasteiger partial charge >= 0.3 is 0 Å². The fraction of sp³-hybridized carbons (Fsp3) is 0.273. The molecule has 80 valence electrons. The number of aliphatic hydroxyl groups excluding tert-OH is 1. The van der Waals surface area contributed by atoms with Crippen molar-refractivity contribution in [1.82, 2.24) is 0 Å². The van der Waals surface area contributed by atoms with Crippen molar-refractivity contribution >= 4 is 0 Å². The van der Waals surface area contributed by atoms with Crippen molar-refractivity contribution in [1.29, 1.82) is 0 Å². The van der Waals surface area contributed by atoms with Crippen LogP contribution in [0, 0.1) is 17.7 Å². The highest BCUT2D eigenvalue weighted by Crippen LogP contribution is 2.18. The predicted molar refractivity (Wildman–Crippen MR) is 52.9 cm³/mol. The number of rotatable bonds is 3. The summed E-state index contributed by atoms with van der Waals surface area (Å²) in [6, 6.07) is 3.98. The lowest BCUT2D eigenvalue weighted by molar-refractivity contribution is 0.0508. The van der Waals surface area contributed by atoms with Crippen LogP contribution in [-0.2, 0) is 4.74 Å². The van der Waals surface area contributed by atoms with E-state index in [0.29, 0.717) is 11.3 Å². The molecule has 1 rings (SSSR count). The van der Waals surface area contributed by atoms with E-state index in [2.05, 4.69) is 11.8 Å². The van der Waals surface area contributed by atoms with Crippen molar-refractivity contribution in [3.63, 3.8) is 0 Å². The Bertz CT molecular complexity index is 379. The van der Waals surface area contributed by atoms with Gasteiger partial charge in [0.25, 0.3) is 0 Å². The molecule has 0 aliphatic carbocycles. The summed E-state index contributed by atoms with van der Waals surface area (Å²) in [6.45, 7) is -0.209. The van der Waals surface area contributed by atoms with Crippen LogP contribution in [0.5, 0.6) is 5.75 Å². The lowest BCUT2D eigenvalue weighted by atomic mass is 10.2. The second-order valence-electron chi connectivity index (χ2n) is 2.65. The molecular weight excluding hydrogens is 199 g/mol. The number of ether oxygens (including phenoxy) is 2. The van der Waals surface area contributed by atoms with Gasteiger partial charge in [-0.2, -0.15) is 0 Å². The van der Waals surface area contributed by atoms with E-state index in [1.807, 2.05) is 0 Å². The van der Waals surface area contributed by atoms with E-state index in [0.717, 1.165) is 0 Å². The second kappa shape index (κ2) is 6.02. The minimum Gasteiger partial charge on any atom is -0.466 e. The first kappa shape index (κ1) is 11.5. The summed E-state index contributed by atoms with van der Waals surface area (Å²) < 4.78 is 22.8. The van der Waals surface area contributed by atoms with Gasteiger partial charge in [-0.1, -0.05) is 11.8 Å². The Kier molecular flexibility index (Phi) is 4.61. The molecular formula is C11H11FO3. The molecule has 0 unspecified atom stereocenters. The number of aliphatic hydroxyl groups is 1. The normalized spacial score (nSPS) is 9.27. The standard InChI is InChI=1S/C11H11FO3/c1-14-8-15-11-5-4-10(12)7-9(11)3-2-6-13/h4-5,7,13H,6,8H2,1H3. The molecule has 4 heteroatoms. The molecule has 15 heavy (non-hydrogen) atoms. The molecule has 0 radical (unpaired) electrons. The van der Waals surface area contributed by atoms with Gasteiger partial charge in [0, 0.05) is 7.11 Å². The number of hydrogen-bond acceptors (Lipinski definition) is 3. The highest BCUT2D eigenvalue weighted by atomic mass is 19.1. The molecule has 0 heterocycles. The van der Waals surface area contributed by atoms with E-state index in [1.165, 1.54) is 25.3 Å². The molecule has 0 aliphatic heterocycles. The highest BCUT2D eigenvalue weighted by Gasteiger charge is 2.02. The monoisotopic (exact) mass is 210 g/mol. The van der Waals surface area contributed by atoms with Crippen molar-refractivity contribution in [3.8, 4) is 17.6 Å². The fourth-order valence-electron chi connectivity index (χ4n) is 0.983. The zero-order chi connectivity index (χ0) is 11.1. The van der Waals surface area contributed by atoms with Crippen LogP contribution in [0.3, 0.4) is 0 Å². The minimum atomic E-state index is -0.401. The van der Waals surface area contributed by atoms with Crippen molar-refractivity contribution < 1.29 is 19.0 Å². The topological polar surface area (TPSA) is 38.7 Å². The zero-order valence-corrected chi connectivity index (χ0v) is 8.29. The van der Waals surface area contributed by atoms with Gasteiger partial charge in [-0.05, 0) is 18.2 Å². The van der Waals surface area contributed by atoms with Gasteiger partial charge in [-0.3, -0.25) is 0 Å². The molecule has 0 spiro atoms. The Hall–Kier alpha value is -1.57. The number of methoxy groups -OCH3 is 1. The molecule has 0 saturated carbocycles. The molecule has 1 aromatic rings. The maximum atomic E-state index is 12.9. The van der Waals surface area contributed by atoms with Gasteiger partial charge in [0.2, 0.25) is 0 Å². The summed E-state index contributed by atoms with van der Waals surface area (Å²) in [5, 5.41) is 8.53. The summed E-state index contributed by atoms with van der Waals surface area (Å²) in [6.07, 6.45) is 0. The van der Waals surface area contributed by atoms with Gasteiger partial charge < -0.3 is 14.6 Å². The summed E-state index contributed by atoms with van der Waals surface area (Å²) in [5.41, 5.74) is 0.390. The summed E-state index contributed by atoms with van der Waals surface area (Å²) in [7, 11) is 1.49. The van der Waals surface area contributed by atoms with E-state index in [9.17, 15) is 4.39 Å². The third-order valence-corrected chi connectivity index (χ3v) is 1.58. The average Bonchev–Trinajstić information content (AvgIpc) is 2.25. The lowest BCUT2D eigenvalue weighted by Crippen LogP contribution is -2.00.